The molecule has 0 atom stereocenters. The number of halogens is 3. The van der Waals surface area contributed by atoms with Crippen molar-refractivity contribution in [1.82, 2.24) is 0 Å². The van der Waals surface area contributed by atoms with Crippen molar-refractivity contribution in [3.8, 4) is 0 Å². The summed E-state index contributed by atoms with van der Waals surface area (Å²) in [6.07, 6.45) is -3.30. The van der Waals surface area contributed by atoms with Crippen LogP contribution in [0.5, 0.6) is 0 Å². The number of aromatic carboxylic acids is 1. The zero-order valence-electron chi connectivity index (χ0n) is 15.0. The molecule has 3 N–H and O–H groups in total. The van der Waals surface area contributed by atoms with Crippen LogP contribution < -0.4 is 5.73 Å². The van der Waals surface area contributed by atoms with Crippen LogP contribution in [-0.2, 0) is 15.5 Å². The van der Waals surface area contributed by atoms with Gasteiger partial charge in [-0.15, -0.1) is 0 Å². The highest BCUT2D eigenvalue weighted by atomic mass is 19.4. The number of carbonyl (C=O) groups is 1. The summed E-state index contributed by atoms with van der Waals surface area (Å²) in [4.78, 5) is 11.4. The van der Waals surface area contributed by atoms with Gasteiger partial charge in [0.1, 0.15) is 0 Å². The van der Waals surface area contributed by atoms with E-state index in [1.165, 1.54) is 6.08 Å². The normalized spacial score (nSPS) is 19.7. The molecule has 1 saturated heterocycles. The highest BCUT2D eigenvalue weighted by Crippen LogP contribution is 2.39. The van der Waals surface area contributed by atoms with Gasteiger partial charge in [0.05, 0.1) is 22.3 Å². The Morgan fingerprint density at radius 3 is 2.19 bits per heavy atom. The highest BCUT2D eigenvalue weighted by Gasteiger charge is 2.52. The fourth-order valence-corrected chi connectivity index (χ4v) is 2.47. The van der Waals surface area contributed by atoms with Crippen LogP contribution in [0.3, 0.4) is 0 Å². The molecule has 9 heteroatoms. The number of alkyl halides is 3. The third kappa shape index (κ3) is 3.95. The van der Waals surface area contributed by atoms with Crippen LogP contribution in [0.2, 0.25) is 0 Å². The first-order chi connectivity index (χ1) is 11.8. The van der Waals surface area contributed by atoms with E-state index < -0.39 is 36.0 Å². The quantitative estimate of drug-likeness (QED) is 0.794. The topological polar surface area (TPSA) is 81.8 Å². The molecule has 0 spiro atoms. The van der Waals surface area contributed by atoms with E-state index in [-0.39, 0.29) is 17.7 Å². The molecule has 0 radical (unpaired) electrons. The number of hydrogen-bond donors (Lipinski definition) is 2. The molecule has 142 valence electrons. The Bertz CT molecular complexity index is 728. The summed E-state index contributed by atoms with van der Waals surface area (Å²) < 4.78 is 50.6. The fourth-order valence-electron chi connectivity index (χ4n) is 2.47. The molecule has 1 aromatic carbocycles. The van der Waals surface area contributed by atoms with Crippen molar-refractivity contribution in [2.75, 3.05) is 6.54 Å². The van der Waals surface area contributed by atoms with Crippen molar-refractivity contribution in [1.29, 1.82) is 0 Å². The van der Waals surface area contributed by atoms with Gasteiger partial charge in [-0.2, -0.15) is 13.2 Å². The minimum atomic E-state index is -4.59. The average molecular weight is 371 g/mol. The molecule has 1 fully saturated rings. The first-order valence-electron chi connectivity index (χ1n) is 7.99. The molecule has 0 unspecified atom stereocenters. The standard InChI is InChI=1S/C17H21BF3NO4/c1-15(2)16(3,4)26-18(25-15)12(9-22)8-10-7-11(17(19,20)21)5-6-13(10)14(23)24/h5-8H,9,22H2,1-4H3,(H,23,24). The summed E-state index contributed by atoms with van der Waals surface area (Å²) in [5.41, 5.74) is 3.45. The largest absolute Gasteiger partial charge is 0.491 e. The molecule has 1 aliphatic rings. The number of rotatable bonds is 4. The van der Waals surface area contributed by atoms with Gasteiger partial charge >= 0.3 is 19.3 Å². The van der Waals surface area contributed by atoms with Crippen LogP contribution in [0.4, 0.5) is 13.2 Å². The molecule has 0 aromatic heterocycles. The molecular formula is C17H21BF3NO4. The van der Waals surface area contributed by atoms with Gasteiger partial charge in [0.25, 0.3) is 0 Å². The minimum Gasteiger partial charge on any atom is -0.478 e. The Morgan fingerprint density at radius 1 is 1.23 bits per heavy atom. The van der Waals surface area contributed by atoms with Gasteiger partial charge < -0.3 is 20.1 Å². The maximum Gasteiger partial charge on any atom is 0.491 e. The van der Waals surface area contributed by atoms with Crippen LogP contribution in [0.15, 0.2) is 23.7 Å². The monoisotopic (exact) mass is 371 g/mol. The molecule has 1 heterocycles. The van der Waals surface area contributed by atoms with Crippen molar-refractivity contribution >= 4 is 19.2 Å². The number of carboxylic acid groups (broad SMARTS) is 1. The fraction of sp³-hybridized carbons (Fsp3) is 0.471. The van der Waals surface area contributed by atoms with E-state index in [1.54, 1.807) is 0 Å². The van der Waals surface area contributed by atoms with Crippen LogP contribution in [-0.4, -0.2) is 35.9 Å². The Labute approximate surface area is 150 Å². The maximum absolute atomic E-state index is 13.0. The maximum atomic E-state index is 13.0. The van der Waals surface area contributed by atoms with Gasteiger partial charge in [-0.25, -0.2) is 4.79 Å². The van der Waals surface area contributed by atoms with Crippen molar-refractivity contribution in [2.24, 2.45) is 5.73 Å². The van der Waals surface area contributed by atoms with Crippen LogP contribution in [0.25, 0.3) is 6.08 Å². The summed E-state index contributed by atoms with van der Waals surface area (Å²) in [5, 5.41) is 9.27. The van der Waals surface area contributed by atoms with E-state index in [2.05, 4.69) is 0 Å². The lowest BCUT2D eigenvalue weighted by atomic mass is 9.76. The molecule has 1 aromatic rings. The lowest BCUT2D eigenvalue weighted by Crippen LogP contribution is -2.41. The van der Waals surface area contributed by atoms with Crippen LogP contribution in [0.1, 0.15) is 49.2 Å². The first kappa shape index (κ1) is 20.5. The van der Waals surface area contributed by atoms with Crippen molar-refractivity contribution < 1.29 is 32.4 Å². The zero-order chi connectivity index (χ0) is 19.9. The number of hydrogen-bond acceptors (Lipinski definition) is 4. The molecular weight excluding hydrogens is 350 g/mol. The number of benzene rings is 1. The predicted octanol–water partition coefficient (Wildman–Crippen LogP) is 3.38. The molecule has 5 nitrogen and oxygen atoms in total. The van der Waals surface area contributed by atoms with Crippen molar-refractivity contribution in [3.63, 3.8) is 0 Å². The Hall–Kier alpha value is -1.84. The van der Waals surface area contributed by atoms with Crippen LogP contribution in [0, 0.1) is 0 Å². The van der Waals surface area contributed by atoms with Gasteiger partial charge in [-0.1, -0.05) is 6.08 Å². The number of carboxylic acids is 1. The van der Waals surface area contributed by atoms with Crippen LogP contribution >= 0.6 is 0 Å². The second-order valence-corrected chi connectivity index (χ2v) is 7.12. The van der Waals surface area contributed by atoms with Gasteiger partial charge in [0.15, 0.2) is 0 Å². The Morgan fingerprint density at radius 2 is 1.77 bits per heavy atom. The summed E-state index contributed by atoms with van der Waals surface area (Å²) >= 11 is 0. The molecule has 0 bridgehead atoms. The van der Waals surface area contributed by atoms with E-state index in [0.717, 1.165) is 18.2 Å². The predicted molar refractivity (Wildman–Crippen MR) is 91.5 cm³/mol. The molecule has 1 aliphatic heterocycles. The van der Waals surface area contributed by atoms with E-state index in [9.17, 15) is 23.1 Å². The molecule has 26 heavy (non-hydrogen) atoms. The third-order valence-electron chi connectivity index (χ3n) is 4.74. The highest BCUT2D eigenvalue weighted by molar-refractivity contribution is 6.56. The van der Waals surface area contributed by atoms with Crippen molar-refractivity contribution in [3.05, 3.63) is 40.4 Å². The molecule has 0 aliphatic carbocycles. The molecule has 0 saturated carbocycles. The van der Waals surface area contributed by atoms with Gasteiger partial charge in [-0.05, 0) is 56.9 Å². The molecule has 2 rings (SSSR count). The lowest BCUT2D eigenvalue weighted by molar-refractivity contribution is -0.137. The zero-order valence-corrected chi connectivity index (χ0v) is 15.0. The van der Waals surface area contributed by atoms with E-state index >= 15 is 0 Å². The Kier molecular flexibility index (Phi) is 5.29. The summed E-state index contributed by atoms with van der Waals surface area (Å²) in [6, 6.07) is 2.44. The second-order valence-electron chi connectivity index (χ2n) is 7.12. The Balaban J connectivity index is 2.50. The second kappa shape index (κ2) is 6.72. The van der Waals surface area contributed by atoms with Gasteiger partial charge in [-0.3, -0.25) is 0 Å². The lowest BCUT2D eigenvalue weighted by Gasteiger charge is -2.32. The van der Waals surface area contributed by atoms with Gasteiger partial charge in [0.2, 0.25) is 0 Å². The SMILES string of the molecule is CC1(C)OB(C(=Cc2cc(C(F)(F)F)ccc2C(=O)O)CN)OC1(C)C. The molecule has 0 amide bonds. The minimum absolute atomic E-state index is 0.0634. The van der Waals surface area contributed by atoms with Gasteiger partial charge in [0, 0.05) is 6.54 Å². The van der Waals surface area contributed by atoms with E-state index in [1.807, 2.05) is 27.7 Å². The first-order valence-corrected chi connectivity index (χ1v) is 7.99. The summed E-state index contributed by atoms with van der Waals surface area (Å²) in [5.74, 6) is -1.34. The average Bonchev–Trinajstić information content (AvgIpc) is 2.71. The number of nitrogens with two attached hydrogens (primary N) is 1. The van der Waals surface area contributed by atoms with E-state index in [0.29, 0.717) is 5.47 Å². The smallest absolute Gasteiger partial charge is 0.478 e. The van der Waals surface area contributed by atoms with E-state index in [4.69, 9.17) is 15.0 Å². The summed E-state index contributed by atoms with van der Waals surface area (Å²) in [7, 11) is -0.874. The summed E-state index contributed by atoms with van der Waals surface area (Å²) in [6.45, 7) is 7.25. The third-order valence-corrected chi connectivity index (χ3v) is 4.74. The van der Waals surface area contributed by atoms with Crippen molar-refractivity contribution in [2.45, 2.75) is 45.1 Å².